The molecular weight excluding hydrogens is 470 g/mol. The van der Waals surface area contributed by atoms with E-state index >= 15 is 0 Å². The van der Waals surface area contributed by atoms with Crippen molar-refractivity contribution in [1.82, 2.24) is 5.16 Å². The highest BCUT2D eigenvalue weighted by atomic mass is 19.2. The fraction of sp³-hybridized carbons (Fsp3) is 0.346. The van der Waals surface area contributed by atoms with Gasteiger partial charge < -0.3 is 20.3 Å². The zero-order chi connectivity index (χ0) is 25.6. The molecule has 2 aromatic carbocycles. The molecule has 1 atom stereocenters. The normalized spacial score (nSPS) is 21.4. The molecule has 0 bridgehead atoms. The number of hydrogen-bond donors (Lipinski definition) is 3. The van der Waals surface area contributed by atoms with Crippen molar-refractivity contribution < 1.29 is 28.0 Å². The van der Waals surface area contributed by atoms with Crippen molar-refractivity contribution in [2.45, 2.75) is 57.7 Å². The van der Waals surface area contributed by atoms with Gasteiger partial charge in [0.25, 0.3) is 0 Å². The van der Waals surface area contributed by atoms with E-state index in [1.54, 1.807) is 13.0 Å². The summed E-state index contributed by atoms with van der Waals surface area (Å²) in [6, 6.07) is 7.87. The molecule has 5 rings (SSSR count). The van der Waals surface area contributed by atoms with Gasteiger partial charge in [-0.15, -0.1) is 0 Å². The van der Waals surface area contributed by atoms with Crippen molar-refractivity contribution in [3.8, 4) is 11.1 Å². The number of aliphatic hydroxyl groups is 1. The molecule has 3 N–H and O–H groups in total. The number of aromatic nitrogens is 1. The molecular formula is C26H26F2N4O4. The maximum absolute atomic E-state index is 13.9. The Morgan fingerprint density at radius 2 is 1.89 bits per heavy atom. The van der Waals surface area contributed by atoms with Gasteiger partial charge in [-0.3, -0.25) is 14.5 Å². The Labute approximate surface area is 206 Å². The molecule has 2 aliphatic rings. The first-order chi connectivity index (χ1) is 17.2. The lowest BCUT2D eigenvalue weighted by molar-refractivity contribution is -0.120. The molecule has 2 fully saturated rings. The highest BCUT2D eigenvalue weighted by molar-refractivity contribution is 6.08. The van der Waals surface area contributed by atoms with E-state index in [1.807, 2.05) is 19.1 Å². The maximum atomic E-state index is 13.9. The molecule has 8 nitrogen and oxygen atoms in total. The van der Waals surface area contributed by atoms with Crippen LogP contribution < -0.4 is 15.5 Å². The van der Waals surface area contributed by atoms with Gasteiger partial charge in [-0.25, -0.2) is 8.78 Å². The lowest BCUT2D eigenvalue weighted by Gasteiger charge is -2.33. The molecule has 3 aromatic rings. The number of halogens is 2. The van der Waals surface area contributed by atoms with Gasteiger partial charge in [0.1, 0.15) is 11.8 Å². The van der Waals surface area contributed by atoms with E-state index in [0.29, 0.717) is 35.7 Å². The third kappa shape index (κ3) is 4.44. The second-order valence-electron chi connectivity index (χ2n) is 9.33. The van der Waals surface area contributed by atoms with Gasteiger partial charge in [0.05, 0.1) is 23.2 Å². The molecule has 1 aliphatic carbocycles. The van der Waals surface area contributed by atoms with E-state index in [2.05, 4.69) is 15.8 Å². The largest absolute Gasteiger partial charge is 0.393 e. The summed E-state index contributed by atoms with van der Waals surface area (Å²) in [6.07, 6.45) is 1.20. The summed E-state index contributed by atoms with van der Waals surface area (Å²) in [5.41, 5.74) is 3.60. The first-order valence-corrected chi connectivity index (χ1v) is 11.8. The van der Waals surface area contributed by atoms with Gasteiger partial charge in [-0.05, 0) is 62.9 Å². The van der Waals surface area contributed by atoms with Crippen LogP contribution in [0.25, 0.3) is 11.1 Å². The highest BCUT2D eigenvalue weighted by Gasteiger charge is 2.38. The minimum Gasteiger partial charge on any atom is -0.393 e. The number of carbonyl (C=O) groups excluding carboxylic acids is 2. The predicted molar refractivity (Wildman–Crippen MR) is 130 cm³/mol. The zero-order valence-electron chi connectivity index (χ0n) is 19.8. The molecule has 1 unspecified atom stereocenters. The fourth-order valence-corrected chi connectivity index (χ4v) is 4.86. The fourth-order valence-electron chi connectivity index (χ4n) is 4.86. The monoisotopic (exact) mass is 496 g/mol. The molecule has 1 aliphatic heterocycles. The van der Waals surface area contributed by atoms with E-state index in [9.17, 15) is 23.5 Å². The number of anilines is 3. The van der Waals surface area contributed by atoms with Crippen LogP contribution >= 0.6 is 0 Å². The number of nitrogens with zero attached hydrogens (tertiary/aromatic N) is 2. The quantitative estimate of drug-likeness (QED) is 0.470. The Balaban J connectivity index is 1.45. The van der Waals surface area contributed by atoms with Crippen LogP contribution in [0.3, 0.4) is 0 Å². The lowest BCUT2D eigenvalue weighted by atomic mass is 9.89. The Kier molecular flexibility index (Phi) is 6.21. The average molecular weight is 497 g/mol. The van der Waals surface area contributed by atoms with Crippen molar-refractivity contribution >= 4 is 28.9 Å². The molecule has 0 spiro atoms. The number of rotatable bonds is 6. The second kappa shape index (κ2) is 9.34. The van der Waals surface area contributed by atoms with Gasteiger partial charge in [-0.1, -0.05) is 11.2 Å². The van der Waals surface area contributed by atoms with Crippen molar-refractivity contribution in [1.29, 1.82) is 0 Å². The van der Waals surface area contributed by atoms with Crippen molar-refractivity contribution in [3.63, 3.8) is 0 Å². The van der Waals surface area contributed by atoms with Gasteiger partial charge in [0, 0.05) is 29.8 Å². The first kappa shape index (κ1) is 23.9. The second-order valence-corrected chi connectivity index (χ2v) is 9.33. The van der Waals surface area contributed by atoms with Crippen LogP contribution in [-0.2, 0) is 9.59 Å². The van der Waals surface area contributed by atoms with Gasteiger partial charge >= 0.3 is 0 Å². The first-order valence-electron chi connectivity index (χ1n) is 11.8. The number of carbonyl (C=O) groups is 2. The van der Waals surface area contributed by atoms with Crippen molar-refractivity contribution in [2.24, 2.45) is 0 Å². The maximum Gasteiger partial charge on any atom is 0.247 e. The summed E-state index contributed by atoms with van der Waals surface area (Å²) in [7, 11) is 0. The minimum atomic E-state index is -1.09. The molecule has 1 saturated carbocycles. The van der Waals surface area contributed by atoms with E-state index in [4.69, 9.17) is 4.52 Å². The number of amides is 2. The van der Waals surface area contributed by atoms with Gasteiger partial charge in [0.2, 0.25) is 11.8 Å². The number of aryl methyl sites for hydroxylation is 2. The van der Waals surface area contributed by atoms with E-state index < -0.39 is 23.6 Å². The van der Waals surface area contributed by atoms with E-state index in [0.717, 1.165) is 23.3 Å². The number of nitrogens with one attached hydrogen (secondary N) is 2. The number of aliphatic hydroxyl groups excluding tert-OH is 1. The summed E-state index contributed by atoms with van der Waals surface area (Å²) in [6.45, 7) is 3.63. The summed E-state index contributed by atoms with van der Waals surface area (Å²) >= 11 is 0. The summed E-state index contributed by atoms with van der Waals surface area (Å²) < 4.78 is 32.6. The van der Waals surface area contributed by atoms with Crippen LogP contribution in [0, 0.1) is 25.5 Å². The third-order valence-electron chi connectivity index (χ3n) is 6.77. The van der Waals surface area contributed by atoms with Crippen LogP contribution in [0.1, 0.15) is 37.1 Å². The molecule has 36 heavy (non-hydrogen) atoms. The lowest BCUT2D eigenvalue weighted by Crippen LogP contribution is -2.42. The van der Waals surface area contributed by atoms with Crippen LogP contribution in [0.2, 0.25) is 0 Å². The SMILES string of the molecule is Cc1noc(C)c1-c1ccc(NC2CC(O)C2)c(NC(=O)C2CCC(=O)N2c2ccc(F)c(F)c2)c1. The minimum absolute atomic E-state index is 0.0623. The Hall–Kier alpha value is -3.79. The number of benzene rings is 2. The van der Waals surface area contributed by atoms with Crippen LogP contribution in [0.5, 0.6) is 0 Å². The molecule has 10 heteroatoms. The summed E-state index contributed by atoms with van der Waals surface area (Å²) in [4.78, 5) is 27.2. The van der Waals surface area contributed by atoms with E-state index in [-0.39, 0.29) is 36.6 Å². The van der Waals surface area contributed by atoms with Crippen LogP contribution in [0.4, 0.5) is 25.8 Å². The third-order valence-corrected chi connectivity index (χ3v) is 6.77. The molecule has 1 aromatic heterocycles. The zero-order valence-corrected chi connectivity index (χ0v) is 19.8. The average Bonchev–Trinajstić information content (AvgIpc) is 3.37. The van der Waals surface area contributed by atoms with Gasteiger partial charge in [-0.2, -0.15) is 0 Å². The molecule has 188 valence electrons. The predicted octanol–water partition coefficient (Wildman–Crippen LogP) is 4.31. The highest BCUT2D eigenvalue weighted by Crippen LogP contribution is 2.36. The summed E-state index contributed by atoms with van der Waals surface area (Å²) in [5, 5.41) is 20.0. The van der Waals surface area contributed by atoms with Crippen molar-refractivity contribution in [3.05, 3.63) is 59.5 Å². The Morgan fingerprint density at radius 3 is 2.56 bits per heavy atom. The van der Waals surface area contributed by atoms with Crippen LogP contribution in [0.15, 0.2) is 40.9 Å². The van der Waals surface area contributed by atoms with E-state index in [1.165, 1.54) is 11.0 Å². The Morgan fingerprint density at radius 1 is 1.11 bits per heavy atom. The molecule has 1 saturated heterocycles. The molecule has 2 heterocycles. The molecule has 2 amide bonds. The smallest absolute Gasteiger partial charge is 0.247 e. The van der Waals surface area contributed by atoms with Gasteiger partial charge in [0.15, 0.2) is 11.6 Å². The molecule has 0 radical (unpaired) electrons. The van der Waals surface area contributed by atoms with Crippen molar-refractivity contribution in [2.75, 3.05) is 15.5 Å². The summed E-state index contributed by atoms with van der Waals surface area (Å²) in [5.74, 6) is -2.27. The Bertz CT molecular complexity index is 1320. The number of hydrogen-bond acceptors (Lipinski definition) is 6. The topological polar surface area (TPSA) is 108 Å². The van der Waals surface area contributed by atoms with Crippen LogP contribution in [-0.4, -0.2) is 40.3 Å². The standard InChI is InChI=1S/C26H26F2N4O4/c1-13-25(14(2)36-31-13)15-3-6-21(29-16-10-18(33)11-16)22(9-15)30-26(35)23-7-8-24(34)32(23)17-4-5-19(27)20(28)12-17/h3-6,9,12,16,18,23,29,33H,7-8,10-11H2,1-2H3,(H,30,35).